The zero-order valence-corrected chi connectivity index (χ0v) is 9.24. The summed E-state index contributed by atoms with van der Waals surface area (Å²) in [6.45, 7) is 0. The van der Waals surface area contributed by atoms with Gasteiger partial charge in [0.25, 0.3) is 5.69 Å². The molecule has 0 atom stereocenters. The van der Waals surface area contributed by atoms with Crippen LogP contribution in [0.3, 0.4) is 0 Å². The topological polar surface area (TPSA) is 99.1 Å². The van der Waals surface area contributed by atoms with Crippen LogP contribution in [-0.4, -0.2) is 15.7 Å². The summed E-state index contributed by atoms with van der Waals surface area (Å²) in [6.07, 6.45) is 2.99. The van der Waals surface area contributed by atoms with Gasteiger partial charge in [0, 0.05) is 41.3 Å². The zero-order valence-electron chi connectivity index (χ0n) is 9.24. The standard InChI is InChI=1S/C12H9N3O3/c13-11-7-9(15(17)18)1-2-10(11)12(16)8-3-5-14-6-4-8/h1-7H,13H2. The fourth-order valence-electron chi connectivity index (χ4n) is 1.53. The number of carbonyl (C=O) groups excluding carboxylic acids is 1. The van der Waals surface area contributed by atoms with E-state index in [1.165, 1.54) is 30.6 Å². The van der Waals surface area contributed by atoms with Crippen LogP contribution in [0.4, 0.5) is 11.4 Å². The van der Waals surface area contributed by atoms with Crippen molar-refractivity contribution in [2.24, 2.45) is 0 Å². The molecule has 90 valence electrons. The molecule has 6 nitrogen and oxygen atoms in total. The van der Waals surface area contributed by atoms with Crippen LogP contribution in [0.1, 0.15) is 15.9 Å². The number of carbonyl (C=O) groups is 1. The van der Waals surface area contributed by atoms with Crippen molar-refractivity contribution < 1.29 is 9.72 Å². The van der Waals surface area contributed by atoms with Gasteiger partial charge in [-0.05, 0) is 18.2 Å². The molecular weight excluding hydrogens is 234 g/mol. The van der Waals surface area contributed by atoms with Crippen molar-refractivity contribution in [3.63, 3.8) is 0 Å². The van der Waals surface area contributed by atoms with Gasteiger partial charge in [-0.3, -0.25) is 19.9 Å². The van der Waals surface area contributed by atoms with Crippen LogP contribution >= 0.6 is 0 Å². The van der Waals surface area contributed by atoms with Crippen LogP contribution in [0.2, 0.25) is 0 Å². The molecule has 1 aromatic carbocycles. The third-order valence-corrected chi connectivity index (χ3v) is 2.43. The van der Waals surface area contributed by atoms with E-state index >= 15 is 0 Å². The van der Waals surface area contributed by atoms with Gasteiger partial charge >= 0.3 is 0 Å². The quantitative estimate of drug-likeness (QED) is 0.383. The second-order valence-corrected chi connectivity index (χ2v) is 3.59. The van der Waals surface area contributed by atoms with Gasteiger partial charge in [0.15, 0.2) is 5.78 Å². The average Bonchev–Trinajstić information content (AvgIpc) is 2.38. The summed E-state index contributed by atoms with van der Waals surface area (Å²) >= 11 is 0. The van der Waals surface area contributed by atoms with Crippen molar-refractivity contribution >= 4 is 17.2 Å². The van der Waals surface area contributed by atoms with E-state index in [1.54, 1.807) is 12.1 Å². The van der Waals surface area contributed by atoms with Gasteiger partial charge in [0.2, 0.25) is 0 Å². The van der Waals surface area contributed by atoms with E-state index in [1.807, 2.05) is 0 Å². The SMILES string of the molecule is Nc1cc([N+](=O)[O-])ccc1C(=O)c1ccncc1. The Morgan fingerprint density at radius 2 is 1.89 bits per heavy atom. The molecule has 0 aliphatic rings. The van der Waals surface area contributed by atoms with E-state index in [0.717, 1.165) is 0 Å². The molecule has 18 heavy (non-hydrogen) atoms. The van der Waals surface area contributed by atoms with E-state index < -0.39 is 4.92 Å². The van der Waals surface area contributed by atoms with Crippen molar-refractivity contribution in [1.82, 2.24) is 4.98 Å². The van der Waals surface area contributed by atoms with Crippen LogP contribution in [0, 0.1) is 10.1 Å². The number of ketones is 1. The van der Waals surface area contributed by atoms with Crippen molar-refractivity contribution in [1.29, 1.82) is 0 Å². The highest BCUT2D eigenvalue weighted by Gasteiger charge is 2.15. The maximum atomic E-state index is 12.1. The predicted molar refractivity (Wildman–Crippen MR) is 65.2 cm³/mol. The summed E-state index contributed by atoms with van der Waals surface area (Å²) in [4.78, 5) is 25.9. The van der Waals surface area contributed by atoms with Crippen molar-refractivity contribution in [2.75, 3.05) is 5.73 Å². The number of nitrogens with zero attached hydrogens (tertiary/aromatic N) is 2. The largest absolute Gasteiger partial charge is 0.398 e. The number of nitro benzene ring substituents is 1. The molecular formula is C12H9N3O3. The number of rotatable bonds is 3. The number of hydrogen-bond acceptors (Lipinski definition) is 5. The summed E-state index contributed by atoms with van der Waals surface area (Å²) < 4.78 is 0. The Kier molecular flexibility index (Phi) is 3.01. The van der Waals surface area contributed by atoms with Gasteiger partial charge in [-0.2, -0.15) is 0 Å². The first-order chi connectivity index (χ1) is 8.59. The molecule has 2 aromatic rings. The number of aromatic nitrogens is 1. The molecule has 0 aliphatic carbocycles. The number of nitrogens with two attached hydrogens (primary N) is 1. The number of anilines is 1. The summed E-state index contributed by atoms with van der Waals surface area (Å²) in [6, 6.07) is 6.90. The first kappa shape index (κ1) is 11.7. The summed E-state index contributed by atoms with van der Waals surface area (Å²) in [5.74, 6) is -0.287. The Labute approximate surface area is 102 Å². The molecule has 0 bridgehead atoms. The van der Waals surface area contributed by atoms with Crippen molar-refractivity contribution in [3.8, 4) is 0 Å². The van der Waals surface area contributed by atoms with E-state index in [2.05, 4.69) is 4.98 Å². The van der Waals surface area contributed by atoms with Crippen LogP contribution in [0.5, 0.6) is 0 Å². The fraction of sp³-hybridized carbons (Fsp3) is 0. The maximum absolute atomic E-state index is 12.1. The minimum absolute atomic E-state index is 0.0889. The fourth-order valence-corrected chi connectivity index (χ4v) is 1.53. The summed E-state index contributed by atoms with van der Waals surface area (Å²) in [7, 11) is 0. The maximum Gasteiger partial charge on any atom is 0.271 e. The minimum atomic E-state index is -0.558. The third kappa shape index (κ3) is 2.17. The lowest BCUT2D eigenvalue weighted by molar-refractivity contribution is -0.384. The first-order valence-electron chi connectivity index (χ1n) is 5.08. The Bertz CT molecular complexity index is 611. The number of non-ortho nitro benzene ring substituents is 1. The second-order valence-electron chi connectivity index (χ2n) is 3.59. The van der Waals surface area contributed by atoms with E-state index in [9.17, 15) is 14.9 Å². The molecule has 6 heteroatoms. The Morgan fingerprint density at radius 3 is 2.44 bits per heavy atom. The smallest absolute Gasteiger partial charge is 0.271 e. The number of hydrogen-bond donors (Lipinski definition) is 1. The van der Waals surface area contributed by atoms with Crippen LogP contribution in [0.15, 0.2) is 42.7 Å². The lowest BCUT2D eigenvalue weighted by atomic mass is 10.0. The molecule has 0 radical (unpaired) electrons. The molecule has 0 aliphatic heterocycles. The molecule has 1 heterocycles. The van der Waals surface area contributed by atoms with E-state index in [0.29, 0.717) is 5.56 Å². The normalized spacial score (nSPS) is 10.0. The second kappa shape index (κ2) is 4.62. The van der Waals surface area contributed by atoms with Gasteiger partial charge in [-0.1, -0.05) is 0 Å². The third-order valence-electron chi connectivity index (χ3n) is 2.43. The number of nitrogen functional groups attached to an aromatic ring is 1. The molecule has 0 saturated carbocycles. The first-order valence-corrected chi connectivity index (χ1v) is 5.08. The van der Waals surface area contributed by atoms with Crippen LogP contribution in [-0.2, 0) is 0 Å². The van der Waals surface area contributed by atoms with Gasteiger partial charge in [-0.25, -0.2) is 0 Å². The molecule has 1 aromatic heterocycles. The number of pyridine rings is 1. The molecule has 0 spiro atoms. The highest BCUT2D eigenvalue weighted by atomic mass is 16.6. The van der Waals surface area contributed by atoms with Crippen LogP contribution < -0.4 is 5.73 Å². The lowest BCUT2D eigenvalue weighted by Crippen LogP contribution is -2.06. The van der Waals surface area contributed by atoms with Gasteiger partial charge < -0.3 is 5.73 Å². The lowest BCUT2D eigenvalue weighted by Gasteiger charge is -2.04. The predicted octanol–water partition coefficient (Wildman–Crippen LogP) is 1.80. The Hall–Kier alpha value is -2.76. The Morgan fingerprint density at radius 1 is 1.22 bits per heavy atom. The molecule has 0 saturated heterocycles. The number of benzene rings is 1. The molecule has 2 rings (SSSR count). The molecule has 0 fully saturated rings. The summed E-state index contributed by atoms with van der Waals surface area (Å²) in [5, 5.41) is 10.6. The van der Waals surface area contributed by atoms with Crippen molar-refractivity contribution in [3.05, 3.63) is 64.0 Å². The van der Waals surface area contributed by atoms with E-state index in [-0.39, 0.29) is 22.7 Å². The van der Waals surface area contributed by atoms with E-state index in [4.69, 9.17) is 5.73 Å². The Balaban J connectivity index is 2.41. The average molecular weight is 243 g/mol. The number of nitro groups is 1. The molecule has 2 N–H and O–H groups in total. The summed E-state index contributed by atoms with van der Waals surface area (Å²) in [5.41, 5.74) is 6.28. The van der Waals surface area contributed by atoms with Crippen LogP contribution in [0.25, 0.3) is 0 Å². The van der Waals surface area contributed by atoms with Gasteiger partial charge in [-0.15, -0.1) is 0 Å². The van der Waals surface area contributed by atoms with Gasteiger partial charge in [0.1, 0.15) is 0 Å². The molecule has 0 unspecified atom stereocenters. The zero-order chi connectivity index (χ0) is 13.1. The minimum Gasteiger partial charge on any atom is -0.398 e. The van der Waals surface area contributed by atoms with Crippen molar-refractivity contribution in [2.45, 2.75) is 0 Å². The van der Waals surface area contributed by atoms with Gasteiger partial charge in [0.05, 0.1) is 4.92 Å². The highest BCUT2D eigenvalue weighted by Crippen LogP contribution is 2.22. The highest BCUT2D eigenvalue weighted by molar-refractivity contribution is 6.12. The monoisotopic (exact) mass is 243 g/mol. The molecule has 0 amide bonds.